The molecule has 0 aromatic heterocycles. The van der Waals surface area contributed by atoms with Crippen LogP contribution in [0, 0.1) is 0 Å². The molecule has 1 aliphatic heterocycles. The van der Waals surface area contributed by atoms with Crippen molar-refractivity contribution in [3.05, 3.63) is 0 Å². The molecule has 0 aromatic rings. The van der Waals surface area contributed by atoms with Crippen molar-refractivity contribution in [2.75, 3.05) is 13.2 Å². The van der Waals surface area contributed by atoms with E-state index in [1.165, 1.54) is 6.92 Å². The lowest BCUT2D eigenvalue weighted by Gasteiger charge is -2.07. The van der Waals surface area contributed by atoms with E-state index in [1.54, 1.807) is 0 Å². The number of aldehydes is 1. The van der Waals surface area contributed by atoms with Crippen molar-refractivity contribution in [3.8, 4) is 0 Å². The smallest absolute Gasteiger partial charge is 0.116 e. The van der Waals surface area contributed by atoms with Crippen LogP contribution in [0.15, 0.2) is 0 Å². The molecular weight excluding hydrogens is 120 g/mol. The number of rotatable bonds is 0. The van der Waals surface area contributed by atoms with Gasteiger partial charge in [-0.25, -0.2) is 9.78 Å². The fraction of sp³-hybridized carbons (Fsp3) is 0.833. The Labute approximate surface area is 54.9 Å². The molecule has 0 bridgehead atoms. The predicted molar refractivity (Wildman–Crippen MR) is 32.9 cm³/mol. The molecule has 0 radical (unpaired) electrons. The predicted octanol–water partition coefficient (Wildman–Crippen LogP) is 0.934. The third-order valence-corrected chi connectivity index (χ3v) is 0.789. The lowest BCUT2D eigenvalue weighted by atomic mass is 10.3. The number of carbonyl (C=O) groups is 1. The lowest BCUT2D eigenvalue weighted by Crippen LogP contribution is -2.05. The van der Waals surface area contributed by atoms with E-state index in [0.717, 1.165) is 32.3 Å². The van der Waals surface area contributed by atoms with Crippen LogP contribution in [0.5, 0.6) is 0 Å². The Balaban J connectivity index is 0.000000187. The second-order valence-corrected chi connectivity index (χ2v) is 1.59. The van der Waals surface area contributed by atoms with Gasteiger partial charge in [0.05, 0.1) is 13.2 Å². The van der Waals surface area contributed by atoms with Crippen LogP contribution in [0.2, 0.25) is 0 Å². The normalized spacial score (nSPS) is 17.4. The summed E-state index contributed by atoms with van der Waals surface area (Å²) in [6, 6.07) is 0. The molecule has 0 N–H and O–H groups in total. The minimum atomic E-state index is 0.750. The Kier molecular flexibility index (Phi) is 7.24. The van der Waals surface area contributed by atoms with Crippen LogP contribution in [0.25, 0.3) is 0 Å². The highest BCUT2D eigenvalue weighted by atomic mass is 17.2. The molecule has 1 aliphatic rings. The molecule has 0 aliphatic carbocycles. The first-order chi connectivity index (χ1) is 4.41. The van der Waals surface area contributed by atoms with Crippen molar-refractivity contribution in [1.29, 1.82) is 0 Å². The largest absolute Gasteiger partial charge is 0.304 e. The van der Waals surface area contributed by atoms with Crippen LogP contribution >= 0.6 is 0 Å². The SMILES string of the molecule is C1CCOOC1.CC=O. The fourth-order valence-electron chi connectivity index (χ4n) is 0.440. The number of hydrogen-bond donors (Lipinski definition) is 0. The van der Waals surface area contributed by atoms with Gasteiger partial charge in [-0.2, -0.15) is 0 Å². The van der Waals surface area contributed by atoms with Gasteiger partial charge in [0.1, 0.15) is 6.29 Å². The maximum atomic E-state index is 8.81. The number of hydrogen-bond acceptors (Lipinski definition) is 3. The van der Waals surface area contributed by atoms with Crippen LogP contribution < -0.4 is 0 Å². The van der Waals surface area contributed by atoms with Crippen LogP contribution in [0.4, 0.5) is 0 Å². The average Bonchev–Trinajstić information content (AvgIpc) is 1.93. The highest BCUT2D eigenvalue weighted by molar-refractivity contribution is 5.44. The Hall–Kier alpha value is -0.410. The molecule has 0 saturated carbocycles. The molecular formula is C6H12O3. The molecule has 0 aromatic carbocycles. The van der Waals surface area contributed by atoms with Gasteiger partial charge in [-0.3, -0.25) is 0 Å². The minimum absolute atomic E-state index is 0.750. The fourth-order valence-corrected chi connectivity index (χ4v) is 0.440. The zero-order valence-corrected chi connectivity index (χ0v) is 5.63. The zero-order valence-electron chi connectivity index (χ0n) is 5.63. The molecule has 54 valence electrons. The van der Waals surface area contributed by atoms with E-state index in [-0.39, 0.29) is 0 Å². The van der Waals surface area contributed by atoms with Gasteiger partial charge in [-0.1, -0.05) is 0 Å². The molecule has 3 nitrogen and oxygen atoms in total. The van der Waals surface area contributed by atoms with Crippen molar-refractivity contribution >= 4 is 6.29 Å². The summed E-state index contributed by atoms with van der Waals surface area (Å²) in [7, 11) is 0. The quantitative estimate of drug-likeness (QED) is 0.363. The molecule has 0 unspecified atom stereocenters. The Morgan fingerprint density at radius 1 is 1.22 bits per heavy atom. The van der Waals surface area contributed by atoms with Crippen molar-refractivity contribution in [2.24, 2.45) is 0 Å². The molecule has 0 amide bonds. The highest BCUT2D eigenvalue weighted by Crippen LogP contribution is 1.97. The number of carbonyl (C=O) groups excluding carboxylic acids is 1. The zero-order chi connectivity index (χ0) is 6.95. The van der Waals surface area contributed by atoms with Gasteiger partial charge < -0.3 is 4.79 Å². The Morgan fingerprint density at radius 2 is 1.56 bits per heavy atom. The van der Waals surface area contributed by atoms with E-state index in [0.29, 0.717) is 0 Å². The van der Waals surface area contributed by atoms with Gasteiger partial charge in [-0.15, -0.1) is 0 Å². The van der Waals surface area contributed by atoms with E-state index in [9.17, 15) is 0 Å². The van der Waals surface area contributed by atoms with Gasteiger partial charge in [0.25, 0.3) is 0 Å². The van der Waals surface area contributed by atoms with Gasteiger partial charge in [0.2, 0.25) is 0 Å². The summed E-state index contributed by atoms with van der Waals surface area (Å²) in [5.41, 5.74) is 0. The Morgan fingerprint density at radius 3 is 1.67 bits per heavy atom. The van der Waals surface area contributed by atoms with Gasteiger partial charge >= 0.3 is 0 Å². The molecule has 0 atom stereocenters. The second-order valence-electron chi connectivity index (χ2n) is 1.59. The molecule has 0 spiro atoms. The van der Waals surface area contributed by atoms with Crippen molar-refractivity contribution in [2.45, 2.75) is 19.8 Å². The van der Waals surface area contributed by atoms with Crippen LogP contribution in [-0.2, 0) is 14.6 Å². The minimum Gasteiger partial charge on any atom is -0.304 e. The van der Waals surface area contributed by atoms with Crippen LogP contribution in [0.3, 0.4) is 0 Å². The molecule has 9 heavy (non-hydrogen) atoms. The summed E-state index contributed by atoms with van der Waals surface area (Å²) in [6.07, 6.45) is 3.06. The first kappa shape index (κ1) is 8.59. The van der Waals surface area contributed by atoms with Crippen LogP contribution in [0.1, 0.15) is 19.8 Å². The summed E-state index contributed by atoms with van der Waals surface area (Å²) in [6.45, 7) is 3.00. The van der Waals surface area contributed by atoms with E-state index in [2.05, 4.69) is 9.78 Å². The highest BCUT2D eigenvalue weighted by Gasteiger charge is 1.95. The summed E-state index contributed by atoms with van der Waals surface area (Å²) in [5, 5.41) is 0. The summed E-state index contributed by atoms with van der Waals surface area (Å²) in [4.78, 5) is 17.9. The first-order valence-corrected chi connectivity index (χ1v) is 3.06. The molecule has 1 fully saturated rings. The lowest BCUT2D eigenvalue weighted by molar-refractivity contribution is -0.312. The van der Waals surface area contributed by atoms with Crippen molar-refractivity contribution in [1.82, 2.24) is 0 Å². The average molecular weight is 132 g/mol. The molecule has 3 heteroatoms. The van der Waals surface area contributed by atoms with E-state index >= 15 is 0 Å². The maximum Gasteiger partial charge on any atom is 0.116 e. The maximum absolute atomic E-state index is 8.81. The van der Waals surface area contributed by atoms with E-state index in [1.807, 2.05) is 0 Å². The summed E-state index contributed by atoms with van der Waals surface area (Å²) < 4.78 is 0. The molecule has 1 heterocycles. The monoisotopic (exact) mass is 132 g/mol. The van der Waals surface area contributed by atoms with Gasteiger partial charge in [0, 0.05) is 0 Å². The van der Waals surface area contributed by atoms with E-state index in [4.69, 9.17) is 4.79 Å². The Bertz CT molecular complexity index is 47.8. The standard InChI is InChI=1S/C4H8O2.C2H4O/c1-2-4-6-5-3-1;1-2-3/h1-4H2;2H,1H3. The van der Waals surface area contributed by atoms with Gasteiger partial charge in [0.15, 0.2) is 0 Å². The summed E-state index contributed by atoms with van der Waals surface area (Å²) >= 11 is 0. The molecule has 1 rings (SSSR count). The molecule has 1 saturated heterocycles. The van der Waals surface area contributed by atoms with Crippen LogP contribution in [-0.4, -0.2) is 19.5 Å². The third-order valence-electron chi connectivity index (χ3n) is 0.789. The van der Waals surface area contributed by atoms with Crippen molar-refractivity contribution < 1.29 is 14.6 Å². The topological polar surface area (TPSA) is 35.5 Å². The second kappa shape index (κ2) is 7.59. The summed E-state index contributed by atoms with van der Waals surface area (Å²) in [5.74, 6) is 0. The van der Waals surface area contributed by atoms with Crippen molar-refractivity contribution in [3.63, 3.8) is 0 Å². The first-order valence-electron chi connectivity index (χ1n) is 3.06. The van der Waals surface area contributed by atoms with Gasteiger partial charge in [-0.05, 0) is 19.8 Å². The third kappa shape index (κ3) is 7.59. The van der Waals surface area contributed by atoms with E-state index < -0.39 is 0 Å².